The average Bonchev–Trinajstić information content (AvgIpc) is 3.10. The minimum Gasteiger partial charge on any atom is -0.395 e. The number of aliphatic hydroxyl groups is 1. The molecule has 0 aromatic rings. The van der Waals surface area contributed by atoms with Crippen LogP contribution in [0.15, 0.2) is 0 Å². The van der Waals surface area contributed by atoms with E-state index in [9.17, 15) is 4.79 Å². The topological polar surface area (TPSA) is 52.6 Å². The Morgan fingerprint density at radius 3 is 2.73 bits per heavy atom. The van der Waals surface area contributed by atoms with Crippen molar-refractivity contribution in [3.8, 4) is 0 Å². The molecule has 86 valence electrons. The molecule has 0 unspecified atom stereocenters. The predicted molar refractivity (Wildman–Crippen MR) is 57.4 cm³/mol. The summed E-state index contributed by atoms with van der Waals surface area (Å²) in [5.74, 6) is 0.393. The third kappa shape index (κ3) is 2.69. The van der Waals surface area contributed by atoms with Crippen LogP contribution in [0, 0.1) is 5.92 Å². The lowest BCUT2D eigenvalue weighted by Crippen LogP contribution is -2.45. The number of nitrogens with one attached hydrogen (secondary N) is 1. The molecule has 2 aliphatic rings. The molecule has 1 heterocycles. The van der Waals surface area contributed by atoms with Crippen LogP contribution in [0.1, 0.15) is 25.7 Å². The van der Waals surface area contributed by atoms with Crippen LogP contribution in [0.5, 0.6) is 0 Å². The van der Waals surface area contributed by atoms with Crippen LogP contribution in [0.3, 0.4) is 0 Å². The third-order valence-corrected chi connectivity index (χ3v) is 3.26. The molecule has 1 saturated heterocycles. The van der Waals surface area contributed by atoms with Crippen molar-refractivity contribution >= 4 is 5.91 Å². The van der Waals surface area contributed by atoms with Crippen LogP contribution in [0.25, 0.3) is 0 Å². The molecule has 0 spiro atoms. The van der Waals surface area contributed by atoms with Crippen LogP contribution >= 0.6 is 0 Å². The first-order chi connectivity index (χ1) is 7.33. The highest BCUT2D eigenvalue weighted by Gasteiger charge is 2.35. The van der Waals surface area contributed by atoms with Crippen LogP contribution in [0.2, 0.25) is 0 Å². The predicted octanol–water partition coefficient (Wildman–Crippen LogP) is -0.0307. The summed E-state index contributed by atoms with van der Waals surface area (Å²) in [6.07, 6.45) is 4.33. The molecule has 1 aliphatic carbocycles. The molecule has 2 N–H and O–H groups in total. The summed E-state index contributed by atoms with van der Waals surface area (Å²) in [6.45, 7) is 2.45. The molecule has 15 heavy (non-hydrogen) atoms. The van der Waals surface area contributed by atoms with Crippen molar-refractivity contribution < 1.29 is 9.90 Å². The zero-order chi connectivity index (χ0) is 10.7. The van der Waals surface area contributed by atoms with Crippen LogP contribution < -0.4 is 5.32 Å². The van der Waals surface area contributed by atoms with Crippen molar-refractivity contribution in [1.29, 1.82) is 0 Å². The van der Waals surface area contributed by atoms with Crippen molar-refractivity contribution in [1.82, 2.24) is 10.2 Å². The lowest BCUT2D eigenvalue weighted by Gasteiger charge is -2.29. The Hall–Kier alpha value is -0.610. The van der Waals surface area contributed by atoms with E-state index in [1.165, 1.54) is 0 Å². The van der Waals surface area contributed by atoms with E-state index in [4.69, 9.17) is 5.11 Å². The summed E-state index contributed by atoms with van der Waals surface area (Å²) in [5.41, 5.74) is 0. The third-order valence-electron chi connectivity index (χ3n) is 3.26. The first-order valence-electron chi connectivity index (χ1n) is 5.95. The minimum atomic E-state index is 0.0857. The molecule has 1 amide bonds. The van der Waals surface area contributed by atoms with Gasteiger partial charge < -0.3 is 15.3 Å². The van der Waals surface area contributed by atoms with Gasteiger partial charge in [0.15, 0.2) is 0 Å². The van der Waals surface area contributed by atoms with Crippen molar-refractivity contribution in [2.45, 2.75) is 31.7 Å². The molecule has 1 aliphatic heterocycles. The number of hydrogen-bond acceptors (Lipinski definition) is 3. The molecule has 0 radical (unpaired) electrons. The van der Waals surface area contributed by atoms with E-state index in [-0.39, 0.29) is 18.4 Å². The van der Waals surface area contributed by atoms with Gasteiger partial charge in [-0.05, 0) is 32.2 Å². The van der Waals surface area contributed by atoms with Gasteiger partial charge >= 0.3 is 0 Å². The second-order valence-electron chi connectivity index (χ2n) is 4.53. The maximum absolute atomic E-state index is 12.1. The number of rotatable bonds is 4. The largest absolute Gasteiger partial charge is 0.395 e. The van der Waals surface area contributed by atoms with E-state index in [2.05, 4.69) is 5.32 Å². The normalized spacial score (nSPS) is 26.3. The molecule has 4 heteroatoms. The fourth-order valence-electron chi connectivity index (χ4n) is 2.26. The zero-order valence-electron chi connectivity index (χ0n) is 9.11. The maximum Gasteiger partial charge on any atom is 0.227 e. The van der Waals surface area contributed by atoms with E-state index in [0.29, 0.717) is 12.6 Å². The smallest absolute Gasteiger partial charge is 0.227 e. The molecule has 0 bridgehead atoms. The van der Waals surface area contributed by atoms with Gasteiger partial charge in [-0.15, -0.1) is 0 Å². The molecule has 1 atom stereocenters. The summed E-state index contributed by atoms with van der Waals surface area (Å²) < 4.78 is 0. The zero-order valence-corrected chi connectivity index (χ0v) is 9.11. The fraction of sp³-hybridized carbons (Fsp3) is 0.909. The van der Waals surface area contributed by atoms with Crippen LogP contribution in [-0.2, 0) is 4.79 Å². The van der Waals surface area contributed by atoms with Gasteiger partial charge in [0.05, 0.1) is 12.5 Å². The van der Waals surface area contributed by atoms with Crippen LogP contribution in [-0.4, -0.2) is 48.2 Å². The first kappa shape index (κ1) is 10.9. The van der Waals surface area contributed by atoms with Gasteiger partial charge in [0.2, 0.25) is 5.91 Å². The number of carbonyl (C=O) groups is 1. The molecule has 4 nitrogen and oxygen atoms in total. The molecular weight excluding hydrogens is 192 g/mol. The second-order valence-corrected chi connectivity index (χ2v) is 4.53. The van der Waals surface area contributed by atoms with Crippen molar-refractivity contribution in [3.63, 3.8) is 0 Å². The Balaban J connectivity index is 1.90. The van der Waals surface area contributed by atoms with Crippen molar-refractivity contribution in [2.24, 2.45) is 5.92 Å². The highest BCUT2D eigenvalue weighted by Crippen LogP contribution is 2.28. The summed E-state index contributed by atoms with van der Waals surface area (Å²) >= 11 is 0. The van der Waals surface area contributed by atoms with E-state index in [0.717, 1.165) is 38.8 Å². The number of amides is 1. The average molecular weight is 212 g/mol. The van der Waals surface area contributed by atoms with Gasteiger partial charge in [-0.3, -0.25) is 4.79 Å². The quantitative estimate of drug-likeness (QED) is 0.688. The summed E-state index contributed by atoms with van der Waals surface area (Å²) in [7, 11) is 0. The molecular formula is C11H20N2O2. The lowest BCUT2D eigenvalue weighted by atomic mass is 9.98. The van der Waals surface area contributed by atoms with Gasteiger partial charge in [-0.1, -0.05) is 0 Å². The Morgan fingerprint density at radius 1 is 1.40 bits per heavy atom. The van der Waals surface area contributed by atoms with E-state index >= 15 is 0 Å². The van der Waals surface area contributed by atoms with Crippen LogP contribution in [0.4, 0.5) is 0 Å². The van der Waals surface area contributed by atoms with Gasteiger partial charge in [-0.25, -0.2) is 0 Å². The highest BCUT2D eigenvalue weighted by atomic mass is 16.3. The summed E-state index contributed by atoms with van der Waals surface area (Å²) in [6, 6.07) is 0.423. The second kappa shape index (κ2) is 4.94. The number of hydrogen-bond donors (Lipinski definition) is 2. The van der Waals surface area contributed by atoms with Gasteiger partial charge in [0.25, 0.3) is 0 Å². The Labute approximate surface area is 90.6 Å². The maximum atomic E-state index is 12.1. The number of nitrogens with zero attached hydrogens (tertiary/aromatic N) is 1. The minimum absolute atomic E-state index is 0.0857. The monoisotopic (exact) mass is 212 g/mol. The van der Waals surface area contributed by atoms with E-state index in [1.807, 2.05) is 4.90 Å². The molecule has 2 rings (SSSR count). The highest BCUT2D eigenvalue weighted by molar-refractivity contribution is 5.79. The SMILES string of the molecule is O=C([C@@H]1CCCNC1)N(CCO)C1CC1. The van der Waals surface area contributed by atoms with E-state index < -0.39 is 0 Å². The lowest BCUT2D eigenvalue weighted by molar-refractivity contribution is -0.137. The Kier molecular flexibility index (Phi) is 3.59. The number of aliphatic hydroxyl groups excluding tert-OH is 1. The Bertz CT molecular complexity index is 223. The molecule has 0 aromatic heterocycles. The van der Waals surface area contributed by atoms with Gasteiger partial charge in [-0.2, -0.15) is 0 Å². The number of carbonyl (C=O) groups excluding carboxylic acids is 1. The Morgan fingerprint density at radius 2 is 2.20 bits per heavy atom. The van der Waals surface area contributed by atoms with Crippen molar-refractivity contribution in [3.05, 3.63) is 0 Å². The summed E-state index contributed by atoms with van der Waals surface area (Å²) in [4.78, 5) is 14.0. The number of piperidine rings is 1. The standard InChI is InChI=1S/C11H20N2O2/c14-7-6-13(10-3-4-10)11(15)9-2-1-5-12-8-9/h9-10,12,14H,1-8H2/t9-/m1/s1. The molecule has 1 saturated carbocycles. The summed E-state index contributed by atoms with van der Waals surface area (Å²) in [5, 5.41) is 12.2. The molecule has 0 aromatic carbocycles. The fourth-order valence-corrected chi connectivity index (χ4v) is 2.26. The van der Waals surface area contributed by atoms with Crippen molar-refractivity contribution in [2.75, 3.05) is 26.2 Å². The van der Waals surface area contributed by atoms with Gasteiger partial charge in [0, 0.05) is 19.1 Å². The first-order valence-corrected chi connectivity index (χ1v) is 5.95. The van der Waals surface area contributed by atoms with Gasteiger partial charge in [0.1, 0.15) is 0 Å². The molecule has 2 fully saturated rings. The van der Waals surface area contributed by atoms with E-state index in [1.54, 1.807) is 0 Å².